The number of carbonyl (C=O) groups is 3. The highest BCUT2D eigenvalue weighted by atomic mass is 32.1. The number of amides is 3. The van der Waals surface area contributed by atoms with E-state index in [4.69, 9.17) is 0 Å². The monoisotopic (exact) mass is 394 g/mol. The standard InChI is InChI=1S/C20H18N4O3S/c25-17(22-20-21-15-8-4-5-9-16(15)28-20)13-24-11-10-23(18(26)19(24)27)12-14-6-2-1-3-7-14/h1-9H,10-13H2,(H,21,22,25). The maximum absolute atomic E-state index is 12.4. The Labute approximate surface area is 165 Å². The van der Waals surface area contributed by atoms with E-state index in [-0.39, 0.29) is 12.5 Å². The molecule has 0 atom stereocenters. The van der Waals surface area contributed by atoms with E-state index in [1.54, 1.807) is 0 Å². The normalized spacial score (nSPS) is 14.6. The van der Waals surface area contributed by atoms with Gasteiger partial charge in [-0.3, -0.25) is 14.4 Å². The van der Waals surface area contributed by atoms with Crippen molar-refractivity contribution in [2.45, 2.75) is 6.54 Å². The average molecular weight is 394 g/mol. The van der Waals surface area contributed by atoms with Crippen LogP contribution in [0.4, 0.5) is 5.13 Å². The van der Waals surface area contributed by atoms with Crippen LogP contribution < -0.4 is 5.32 Å². The van der Waals surface area contributed by atoms with E-state index < -0.39 is 11.8 Å². The molecule has 28 heavy (non-hydrogen) atoms. The van der Waals surface area contributed by atoms with Crippen molar-refractivity contribution in [3.8, 4) is 0 Å². The molecule has 3 amide bonds. The van der Waals surface area contributed by atoms with Crippen molar-refractivity contribution in [1.29, 1.82) is 0 Å². The molecule has 3 aromatic rings. The van der Waals surface area contributed by atoms with Crippen LogP contribution in [0.3, 0.4) is 0 Å². The van der Waals surface area contributed by atoms with Crippen molar-refractivity contribution in [3.05, 3.63) is 60.2 Å². The highest BCUT2D eigenvalue weighted by Crippen LogP contribution is 2.25. The summed E-state index contributed by atoms with van der Waals surface area (Å²) in [4.78, 5) is 44.2. The summed E-state index contributed by atoms with van der Waals surface area (Å²) in [6.45, 7) is 0.940. The molecule has 0 unspecified atom stereocenters. The highest BCUT2D eigenvalue weighted by molar-refractivity contribution is 7.22. The van der Waals surface area contributed by atoms with Crippen molar-refractivity contribution in [3.63, 3.8) is 0 Å². The smallest absolute Gasteiger partial charge is 0.312 e. The molecule has 0 aliphatic carbocycles. The average Bonchev–Trinajstić information content (AvgIpc) is 3.10. The van der Waals surface area contributed by atoms with Crippen LogP contribution in [0.2, 0.25) is 0 Å². The number of fused-ring (bicyclic) bond motifs is 1. The van der Waals surface area contributed by atoms with E-state index in [2.05, 4.69) is 10.3 Å². The summed E-state index contributed by atoms with van der Waals surface area (Å²) in [6.07, 6.45) is 0. The minimum absolute atomic E-state index is 0.167. The molecular weight excluding hydrogens is 376 g/mol. The number of carbonyl (C=O) groups excluding carboxylic acids is 3. The summed E-state index contributed by atoms with van der Waals surface area (Å²) in [6, 6.07) is 17.1. The lowest BCUT2D eigenvalue weighted by atomic mass is 10.2. The van der Waals surface area contributed by atoms with E-state index in [0.29, 0.717) is 24.8 Å². The van der Waals surface area contributed by atoms with Crippen LogP contribution in [0.15, 0.2) is 54.6 Å². The Kier molecular flexibility index (Phi) is 5.03. The quantitative estimate of drug-likeness (QED) is 0.672. The van der Waals surface area contributed by atoms with E-state index in [0.717, 1.165) is 15.8 Å². The molecule has 2 aromatic carbocycles. The molecule has 7 nitrogen and oxygen atoms in total. The van der Waals surface area contributed by atoms with Crippen LogP contribution >= 0.6 is 11.3 Å². The maximum Gasteiger partial charge on any atom is 0.312 e. The topological polar surface area (TPSA) is 82.6 Å². The van der Waals surface area contributed by atoms with Crippen molar-refractivity contribution in [2.24, 2.45) is 0 Å². The number of anilines is 1. The minimum atomic E-state index is -0.651. The van der Waals surface area contributed by atoms with Gasteiger partial charge in [0.05, 0.1) is 10.2 Å². The second-order valence-corrected chi connectivity index (χ2v) is 7.50. The molecule has 0 bridgehead atoms. The summed E-state index contributed by atoms with van der Waals surface area (Å²) in [5, 5.41) is 3.19. The molecule has 142 valence electrons. The summed E-state index contributed by atoms with van der Waals surface area (Å²) < 4.78 is 0.971. The number of thiazole rings is 1. The number of hydrogen-bond acceptors (Lipinski definition) is 5. The summed E-state index contributed by atoms with van der Waals surface area (Å²) >= 11 is 1.37. The first-order valence-electron chi connectivity index (χ1n) is 8.88. The van der Waals surface area contributed by atoms with Crippen LogP contribution in [-0.2, 0) is 20.9 Å². The van der Waals surface area contributed by atoms with E-state index in [1.807, 2.05) is 54.6 Å². The second-order valence-electron chi connectivity index (χ2n) is 6.47. The Balaban J connectivity index is 1.35. The number of aromatic nitrogens is 1. The molecule has 0 spiro atoms. The number of piperazine rings is 1. The third-order valence-corrected chi connectivity index (χ3v) is 5.44. The lowest BCUT2D eigenvalue weighted by Crippen LogP contribution is -2.55. The zero-order valence-corrected chi connectivity index (χ0v) is 15.8. The van der Waals surface area contributed by atoms with E-state index in [1.165, 1.54) is 21.1 Å². The van der Waals surface area contributed by atoms with Gasteiger partial charge in [-0.05, 0) is 17.7 Å². The number of benzene rings is 2. The molecule has 1 aliphatic rings. The molecule has 1 fully saturated rings. The van der Waals surface area contributed by atoms with Gasteiger partial charge in [-0.25, -0.2) is 4.98 Å². The fourth-order valence-electron chi connectivity index (χ4n) is 3.08. The van der Waals surface area contributed by atoms with Gasteiger partial charge >= 0.3 is 11.8 Å². The molecule has 1 saturated heterocycles. The second kappa shape index (κ2) is 7.77. The molecule has 8 heteroatoms. The zero-order chi connectivity index (χ0) is 19.5. The third kappa shape index (κ3) is 3.86. The van der Waals surface area contributed by atoms with Gasteiger partial charge in [0.1, 0.15) is 6.54 Å². The van der Waals surface area contributed by atoms with Crippen molar-refractivity contribution in [1.82, 2.24) is 14.8 Å². The first-order valence-corrected chi connectivity index (χ1v) is 9.69. The number of rotatable bonds is 5. The Hall–Kier alpha value is -3.26. The van der Waals surface area contributed by atoms with Crippen molar-refractivity contribution in [2.75, 3.05) is 25.0 Å². The van der Waals surface area contributed by atoms with Gasteiger partial charge in [0, 0.05) is 19.6 Å². The van der Waals surface area contributed by atoms with E-state index >= 15 is 0 Å². The van der Waals surface area contributed by atoms with Crippen molar-refractivity contribution >= 4 is 44.4 Å². The Morgan fingerprint density at radius 2 is 1.64 bits per heavy atom. The van der Waals surface area contributed by atoms with Crippen LogP contribution in [0, 0.1) is 0 Å². The Morgan fingerprint density at radius 1 is 0.964 bits per heavy atom. The molecule has 1 aliphatic heterocycles. The molecule has 2 heterocycles. The molecule has 0 saturated carbocycles. The molecule has 1 aromatic heterocycles. The fourth-order valence-corrected chi connectivity index (χ4v) is 3.96. The first-order chi connectivity index (χ1) is 13.6. The summed E-state index contributed by atoms with van der Waals surface area (Å²) in [7, 11) is 0. The number of nitrogens with zero attached hydrogens (tertiary/aromatic N) is 3. The highest BCUT2D eigenvalue weighted by Gasteiger charge is 2.33. The number of para-hydroxylation sites is 1. The van der Waals surface area contributed by atoms with Gasteiger partial charge in [0.25, 0.3) is 0 Å². The maximum atomic E-state index is 12.4. The molecule has 1 N–H and O–H groups in total. The lowest BCUT2D eigenvalue weighted by Gasteiger charge is -2.33. The predicted molar refractivity (Wildman–Crippen MR) is 107 cm³/mol. The summed E-state index contributed by atoms with van der Waals surface area (Å²) in [5.41, 5.74) is 1.77. The SMILES string of the molecule is O=C(CN1CCN(Cc2ccccc2)C(=O)C1=O)Nc1nc2ccccc2s1. The van der Waals surface area contributed by atoms with E-state index in [9.17, 15) is 14.4 Å². The van der Waals surface area contributed by atoms with Crippen LogP contribution in [0.25, 0.3) is 10.2 Å². The third-order valence-electron chi connectivity index (χ3n) is 4.49. The van der Waals surface area contributed by atoms with Crippen molar-refractivity contribution < 1.29 is 14.4 Å². The number of nitrogens with one attached hydrogen (secondary N) is 1. The van der Waals surface area contributed by atoms with Gasteiger partial charge in [0.2, 0.25) is 5.91 Å². The number of hydrogen-bond donors (Lipinski definition) is 1. The van der Waals surface area contributed by atoms with Gasteiger partial charge in [-0.1, -0.05) is 53.8 Å². The van der Waals surface area contributed by atoms with Gasteiger partial charge < -0.3 is 15.1 Å². The fraction of sp³-hybridized carbons (Fsp3) is 0.200. The lowest BCUT2D eigenvalue weighted by molar-refractivity contribution is -0.157. The van der Waals surface area contributed by atoms with Gasteiger partial charge in [-0.2, -0.15) is 0 Å². The predicted octanol–water partition coefficient (Wildman–Crippen LogP) is 2.11. The Morgan fingerprint density at radius 3 is 2.43 bits per heavy atom. The van der Waals surface area contributed by atoms with Crippen LogP contribution in [0.5, 0.6) is 0 Å². The molecule has 0 radical (unpaired) electrons. The Bertz CT molecular complexity index is 1000. The van der Waals surface area contributed by atoms with Gasteiger partial charge in [0.15, 0.2) is 5.13 Å². The molecule has 4 rings (SSSR count). The minimum Gasteiger partial charge on any atom is -0.328 e. The largest absolute Gasteiger partial charge is 0.328 e. The first kappa shape index (κ1) is 18.1. The van der Waals surface area contributed by atoms with Gasteiger partial charge in [-0.15, -0.1) is 0 Å². The van der Waals surface area contributed by atoms with Crippen LogP contribution in [-0.4, -0.2) is 52.1 Å². The summed E-state index contributed by atoms with van der Waals surface area (Å²) in [5.74, 6) is -1.60. The molecular formula is C20H18N4O3S. The van der Waals surface area contributed by atoms with Crippen LogP contribution in [0.1, 0.15) is 5.56 Å². The zero-order valence-electron chi connectivity index (χ0n) is 15.0.